The van der Waals surface area contributed by atoms with E-state index in [9.17, 15) is 19.8 Å². The molecule has 0 fully saturated rings. The first kappa shape index (κ1) is 26.1. The maximum atomic E-state index is 12.0. The maximum Gasteiger partial charge on any atom is 0.314 e. The van der Waals surface area contributed by atoms with Crippen molar-refractivity contribution in [3.63, 3.8) is 0 Å². The van der Waals surface area contributed by atoms with Crippen LogP contribution in [0.1, 0.15) is 110 Å². The molecule has 0 aliphatic heterocycles. The fourth-order valence-electron chi connectivity index (χ4n) is 3.46. The molecule has 0 saturated heterocycles. The van der Waals surface area contributed by atoms with Crippen LogP contribution in [-0.2, 0) is 9.59 Å². The molecule has 5 nitrogen and oxygen atoms in total. The van der Waals surface area contributed by atoms with Crippen LogP contribution in [0.2, 0.25) is 0 Å². The van der Waals surface area contributed by atoms with E-state index >= 15 is 0 Å². The Morgan fingerprint density at radius 1 is 0.741 bits per heavy atom. The monoisotopic (exact) mass is 385 g/mol. The molecular weight excluding hydrogens is 342 g/mol. The molecule has 0 rings (SSSR count). The molecule has 0 aliphatic carbocycles. The number of rotatable bonds is 20. The Kier molecular flexibility index (Phi) is 17.8. The van der Waals surface area contributed by atoms with Crippen molar-refractivity contribution in [2.45, 2.75) is 116 Å². The highest BCUT2D eigenvalue weighted by atomic mass is 16.4. The summed E-state index contributed by atoms with van der Waals surface area (Å²) in [5.74, 6) is -2.82. The minimum Gasteiger partial charge on any atom is -0.481 e. The normalized spacial score (nSPS) is 13.4. The summed E-state index contributed by atoms with van der Waals surface area (Å²) < 4.78 is 0. The molecule has 0 spiro atoms. The van der Waals surface area contributed by atoms with Crippen LogP contribution in [0.15, 0.2) is 0 Å². The predicted molar refractivity (Wildman–Crippen MR) is 111 cm³/mol. The highest BCUT2D eigenvalue weighted by Crippen LogP contribution is 2.17. The Morgan fingerprint density at radius 3 is 1.52 bits per heavy atom. The zero-order valence-corrected chi connectivity index (χ0v) is 17.5. The number of ketones is 1. The molecule has 0 heterocycles. The van der Waals surface area contributed by atoms with Gasteiger partial charge < -0.3 is 15.9 Å². The number of unbranched alkanes of at least 4 members (excludes halogenated alkanes) is 13. The molecule has 0 aromatic carbocycles. The summed E-state index contributed by atoms with van der Waals surface area (Å²) in [5.41, 5.74) is 5.31. The first-order valence-electron chi connectivity index (χ1n) is 11.2. The summed E-state index contributed by atoms with van der Waals surface area (Å²) in [4.78, 5) is 23.2. The topological polar surface area (TPSA) is 101 Å². The van der Waals surface area contributed by atoms with Gasteiger partial charge in [0.2, 0.25) is 0 Å². The number of aliphatic hydroxyl groups is 1. The first-order valence-corrected chi connectivity index (χ1v) is 11.2. The van der Waals surface area contributed by atoms with Gasteiger partial charge in [0.25, 0.3) is 0 Å². The van der Waals surface area contributed by atoms with Crippen molar-refractivity contribution in [2.75, 3.05) is 6.54 Å². The van der Waals surface area contributed by atoms with Crippen LogP contribution in [0.3, 0.4) is 0 Å². The van der Waals surface area contributed by atoms with E-state index in [1.807, 2.05) is 0 Å². The molecular formula is C22H43NO4. The van der Waals surface area contributed by atoms with Gasteiger partial charge in [-0.3, -0.25) is 9.59 Å². The van der Waals surface area contributed by atoms with Gasteiger partial charge in [0.15, 0.2) is 5.78 Å². The lowest BCUT2D eigenvalue weighted by Gasteiger charge is -2.15. The second kappa shape index (κ2) is 18.4. The highest BCUT2D eigenvalue weighted by molar-refractivity contribution is 6.00. The molecule has 160 valence electrons. The summed E-state index contributed by atoms with van der Waals surface area (Å²) in [6.45, 7) is 2.43. The van der Waals surface area contributed by atoms with Gasteiger partial charge in [0, 0.05) is 0 Å². The van der Waals surface area contributed by atoms with Gasteiger partial charge in [-0.1, -0.05) is 96.8 Å². The van der Waals surface area contributed by atoms with Gasteiger partial charge in [-0.05, 0) is 19.4 Å². The quantitative estimate of drug-likeness (QED) is 0.206. The molecule has 2 atom stereocenters. The van der Waals surface area contributed by atoms with Crippen LogP contribution in [0.25, 0.3) is 0 Å². The lowest BCUT2D eigenvalue weighted by Crippen LogP contribution is -2.34. The standard InChI is InChI=1S/C22H43NO4/c1-2-3-4-5-6-7-8-9-10-11-12-13-14-15-16-19(22(26)27)21(25)20(24)17-18-23/h19-20,24H,2-18,23H2,1H3,(H,26,27). The Morgan fingerprint density at radius 2 is 1.15 bits per heavy atom. The van der Waals surface area contributed by atoms with Crippen molar-refractivity contribution in [3.8, 4) is 0 Å². The molecule has 0 saturated carbocycles. The largest absolute Gasteiger partial charge is 0.481 e. The van der Waals surface area contributed by atoms with E-state index in [0.717, 1.165) is 19.3 Å². The number of hydrogen-bond donors (Lipinski definition) is 3. The summed E-state index contributed by atoms with van der Waals surface area (Å²) in [5, 5.41) is 18.9. The average Bonchev–Trinajstić information content (AvgIpc) is 2.64. The van der Waals surface area contributed by atoms with Crippen LogP contribution >= 0.6 is 0 Å². The number of carbonyl (C=O) groups is 2. The van der Waals surface area contributed by atoms with Crippen LogP contribution < -0.4 is 5.73 Å². The smallest absolute Gasteiger partial charge is 0.314 e. The molecule has 27 heavy (non-hydrogen) atoms. The molecule has 2 unspecified atom stereocenters. The number of nitrogens with two attached hydrogens (primary N) is 1. The minimum absolute atomic E-state index is 0.126. The van der Waals surface area contributed by atoms with Crippen LogP contribution in [-0.4, -0.2) is 34.6 Å². The second-order valence-corrected chi connectivity index (χ2v) is 7.77. The minimum atomic E-state index is -1.25. The SMILES string of the molecule is CCCCCCCCCCCCCCCCC(C(=O)O)C(=O)C(O)CCN. The third-order valence-electron chi connectivity index (χ3n) is 5.26. The van der Waals surface area contributed by atoms with E-state index in [1.165, 1.54) is 70.6 Å². The van der Waals surface area contributed by atoms with E-state index in [2.05, 4.69) is 6.92 Å². The Balaban J connectivity index is 3.58. The Bertz CT molecular complexity index is 373. The lowest BCUT2D eigenvalue weighted by molar-refractivity contribution is -0.149. The predicted octanol–water partition coefficient (Wildman–Crippen LogP) is 4.84. The summed E-state index contributed by atoms with van der Waals surface area (Å²) in [7, 11) is 0. The highest BCUT2D eigenvalue weighted by Gasteiger charge is 2.30. The molecule has 0 aromatic rings. The number of hydrogen-bond acceptors (Lipinski definition) is 4. The lowest BCUT2D eigenvalue weighted by atomic mass is 9.92. The zero-order valence-electron chi connectivity index (χ0n) is 17.5. The van der Waals surface area contributed by atoms with Crippen LogP contribution in [0, 0.1) is 5.92 Å². The van der Waals surface area contributed by atoms with Crippen molar-refractivity contribution in [1.82, 2.24) is 0 Å². The third kappa shape index (κ3) is 14.7. The fraction of sp³-hybridized carbons (Fsp3) is 0.909. The Hall–Kier alpha value is -0.940. The number of carbonyl (C=O) groups excluding carboxylic acids is 1. The molecule has 0 bridgehead atoms. The summed E-state index contributed by atoms with van der Waals surface area (Å²) >= 11 is 0. The van der Waals surface area contributed by atoms with Gasteiger partial charge in [0.05, 0.1) is 0 Å². The van der Waals surface area contributed by atoms with E-state index in [1.54, 1.807) is 0 Å². The second-order valence-electron chi connectivity index (χ2n) is 7.77. The molecule has 0 amide bonds. The Labute approximate surface area is 166 Å². The van der Waals surface area contributed by atoms with Gasteiger partial charge in [-0.2, -0.15) is 0 Å². The molecule has 4 N–H and O–H groups in total. The number of Topliss-reactive ketones (excluding diaryl/α,β-unsaturated/α-hetero) is 1. The maximum absolute atomic E-state index is 12.0. The average molecular weight is 386 g/mol. The van der Waals surface area contributed by atoms with Crippen LogP contribution in [0.4, 0.5) is 0 Å². The van der Waals surface area contributed by atoms with Crippen molar-refractivity contribution < 1.29 is 19.8 Å². The molecule has 5 heteroatoms. The zero-order chi connectivity index (χ0) is 20.3. The summed E-state index contributed by atoms with van der Waals surface area (Å²) in [6.07, 6.45) is 16.5. The van der Waals surface area contributed by atoms with Gasteiger partial charge in [0.1, 0.15) is 12.0 Å². The number of carboxylic acids is 1. The van der Waals surface area contributed by atoms with Gasteiger partial charge in [-0.15, -0.1) is 0 Å². The third-order valence-corrected chi connectivity index (χ3v) is 5.26. The van der Waals surface area contributed by atoms with Crippen LogP contribution in [0.5, 0.6) is 0 Å². The van der Waals surface area contributed by atoms with E-state index in [-0.39, 0.29) is 13.0 Å². The number of carboxylic acid groups (broad SMARTS) is 1. The number of aliphatic carboxylic acids is 1. The number of aliphatic hydroxyl groups excluding tert-OH is 1. The van der Waals surface area contributed by atoms with E-state index in [4.69, 9.17) is 5.73 Å². The summed E-state index contributed by atoms with van der Waals surface area (Å²) in [6, 6.07) is 0. The van der Waals surface area contributed by atoms with Crippen molar-refractivity contribution >= 4 is 11.8 Å². The van der Waals surface area contributed by atoms with Gasteiger partial charge >= 0.3 is 5.97 Å². The van der Waals surface area contributed by atoms with Crippen molar-refractivity contribution in [3.05, 3.63) is 0 Å². The van der Waals surface area contributed by atoms with Gasteiger partial charge in [-0.25, -0.2) is 0 Å². The van der Waals surface area contributed by atoms with Crippen molar-refractivity contribution in [1.29, 1.82) is 0 Å². The molecule has 0 aliphatic rings. The molecule has 0 radical (unpaired) electrons. The fourth-order valence-corrected chi connectivity index (χ4v) is 3.46. The first-order chi connectivity index (χ1) is 13.0. The molecule has 0 aromatic heterocycles. The van der Waals surface area contributed by atoms with Crippen molar-refractivity contribution in [2.24, 2.45) is 11.7 Å². The van der Waals surface area contributed by atoms with E-state index in [0.29, 0.717) is 6.42 Å². The van der Waals surface area contributed by atoms with E-state index < -0.39 is 23.8 Å².